The van der Waals surface area contributed by atoms with E-state index in [9.17, 15) is 4.79 Å². The van der Waals surface area contributed by atoms with E-state index in [0.717, 1.165) is 41.2 Å². The number of benzene rings is 2. The fourth-order valence-corrected chi connectivity index (χ4v) is 3.98. The van der Waals surface area contributed by atoms with E-state index in [0.29, 0.717) is 24.4 Å². The molecule has 0 N–H and O–H groups in total. The van der Waals surface area contributed by atoms with E-state index >= 15 is 0 Å². The third kappa shape index (κ3) is 4.33. The number of anilines is 2. The average Bonchev–Trinajstić information content (AvgIpc) is 2.79. The molecule has 1 saturated heterocycles. The standard InChI is InChI=1S/C25H30N4O3/c1-16(2)32-25(30)23-24(27-20-15-18(4)17(3)14-19(20)26-23)29-12-10-28(11-13-29)21-8-6-7-9-22(21)31-5/h6-9,14-16H,10-13H2,1-5H3. The van der Waals surface area contributed by atoms with Crippen LogP contribution in [-0.2, 0) is 4.74 Å². The van der Waals surface area contributed by atoms with Crippen molar-refractivity contribution in [1.29, 1.82) is 0 Å². The molecule has 1 aliphatic rings. The Balaban J connectivity index is 1.67. The number of rotatable bonds is 5. The molecule has 0 amide bonds. The van der Waals surface area contributed by atoms with Crippen LogP contribution in [0, 0.1) is 13.8 Å². The van der Waals surface area contributed by atoms with Gasteiger partial charge in [-0.3, -0.25) is 0 Å². The number of methoxy groups -OCH3 is 1. The first kappa shape index (κ1) is 21.9. The summed E-state index contributed by atoms with van der Waals surface area (Å²) in [6, 6.07) is 12.0. The van der Waals surface area contributed by atoms with Crippen molar-refractivity contribution in [2.45, 2.75) is 33.8 Å². The summed E-state index contributed by atoms with van der Waals surface area (Å²) in [6.07, 6.45) is -0.227. The topological polar surface area (TPSA) is 67.8 Å². The second-order valence-corrected chi connectivity index (χ2v) is 8.42. The molecule has 4 rings (SSSR count). The van der Waals surface area contributed by atoms with Gasteiger partial charge in [-0.2, -0.15) is 0 Å². The van der Waals surface area contributed by atoms with E-state index in [1.165, 1.54) is 0 Å². The zero-order chi connectivity index (χ0) is 22.8. The van der Waals surface area contributed by atoms with Gasteiger partial charge >= 0.3 is 5.97 Å². The fourth-order valence-electron chi connectivity index (χ4n) is 3.98. The monoisotopic (exact) mass is 434 g/mol. The Morgan fingerprint density at radius 1 is 0.938 bits per heavy atom. The first-order valence-electron chi connectivity index (χ1n) is 11.0. The number of carbonyl (C=O) groups excluding carboxylic acids is 1. The number of piperazine rings is 1. The van der Waals surface area contributed by atoms with Crippen LogP contribution in [0.3, 0.4) is 0 Å². The molecule has 1 aliphatic heterocycles. The molecule has 3 aromatic rings. The van der Waals surface area contributed by atoms with Gasteiger partial charge in [-0.1, -0.05) is 12.1 Å². The molecule has 7 heteroatoms. The summed E-state index contributed by atoms with van der Waals surface area (Å²) in [5, 5.41) is 0. The van der Waals surface area contributed by atoms with Crippen molar-refractivity contribution in [3.8, 4) is 5.75 Å². The fraction of sp³-hybridized carbons (Fsp3) is 0.400. The molecule has 2 aromatic carbocycles. The van der Waals surface area contributed by atoms with E-state index in [-0.39, 0.29) is 11.8 Å². The Bertz CT molecular complexity index is 1140. The first-order valence-corrected chi connectivity index (χ1v) is 11.0. The molecule has 32 heavy (non-hydrogen) atoms. The minimum Gasteiger partial charge on any atom is -0.495 e. The van der Waals surface area contributed by atoms with Gasteiger partial charge in [0, 0.05) is 26.2 Å². The molecular weight excluding hydrogens is 404 g/mol. The maximum Gasteiger partial charge on any atom is 0.361 e. The molecule has 1 fully saturated rings. The molecule has 0 unspecified atom stereocenters. The van der Waals surface area contributed by atoms with E-state index < -0.39 is 5.97 Å². The van der Waals surface area contributed by atoms with Gasteiger partial charge in [0.25, 0.3) is 0 Å². The predicted octanol–water partition coefficient (Wildman–Crippen LogP) is 4.15. The van der Waals surface area contributed by atoms with E-state index in [1.54, 1.807) is 7.11 Å². The lowest BCUT2D eigenvalue weighted by Crippen LogP contribution is -2.47. The zero-order valence-electron chi connectivity index (χ0n) is 19.4. The first-order chi connectivity index (χ1) is 15.4. The number of ether oxygens (including phenoxy) is 2. The lowest BCUT2D eigenvalue weighted by atomic mass is 10.1. The van der Waals surface area contributed by atoms with E-state index in [2.05, 4.69) is 22.8 Å². The molecule has 0 atom stereocenters. The third-order valence-corrected chi connectivity index (χ3v) is 5.80. The Kier molecular flexibility index (Phi) is 6.17. The Hall–Kier alpha value is -3.35. The molecule has 168 valence electrons. The maximum atomic E-state index is 12.9. The van der Waals surface area contributed by atoms with Gasteiger partial charge in [0.15, 0.2) is 11.5 Å². The second kappa shape index (κ2) is 9.02. The number of hydrogen-bond acceptors (Lipinski definition) is 7. The van der Waals surface area contributed by atoms with Crippen molar-refractivity contribution in [1.82, 2.24) is 9.97 Å². The SMILES string of the molecule is COc1ccccc1N1CCN(c2nc3cc(C)c(C)cc3nc2C(=O)OC(C)C)CC1. The number of fused-ring (bicyclic) bond motifs is 1. The van der Waals surface area contributed by atoms with Crippen LogP contribution in [0.1, 0.15) is 35.5 Å². The van der Waals surface area contributed by atoms with Crippen molar-refractivity contribution in [2.75, 3.05) is 43.1 Å². The van der Waals surface area contributed by atoms with Crippen LogP contribution in [0.4, 0.5) is 11.5 Å². The van der Waals surface area contributed by atoms with Gasteiger partial charge in [0.2, 0.25) is 0 Å². The molecule has 0 spiro atoms. The van der Waals surface area contributed by atoms with Crippen molar-refractivity contribution in [3.05, 3.63) is 53.2 Å². The number of esters is 1. The summed E-state index contributed by atoms with van der Waals surface area (Å²) in [5.74, 6) is 1.01. The quantitative estimate of drug-likeness (QED) is 0.559. The smallest absolute Gasteiger partial charge is 0.361 e. The highest BCUT2D eigenvalue weighted by Crippen LogP contribution is 2.30. The predicted molar refractivity (Wildman–Crippen MR) is 127 cm³/mol. The number of aromatic nitrogens is 2. The van der Waals surface area contributed by atoms with Crippen LogP contribution in [0.25, 0.3) is 11.0 Å². The normalized spacial score (nSPS) is 14.2. The van der Waals surface area contributed by atoms with Crippen LogP contribution in [-0.4, -0.2) is 55.3 Å². The highest BCUT2D eigenvalue weighted by molar-refractivity contribution is 5.95. The minimum absolute atomic E-state index is 0.227. The van der Waals surface area contributed by atoms with Gasteiger partial charge in [-0.25, -0.2) is 14.8 Å². The number of aryl methyl sites for hydroxylation is 2. The van der Waals surface area contributed by atoms with E-state index in [1.807, 2.05) is 51.1 Å². The summed E-state index contributed by atoms with van der Waals surface area (Å²) in [4.78, 5) is 26.9. The summed E-state index contributed by atoms with van der Waals surface area (Å²) in [7, 11) is 1.69. The van der Waals surface area contributed by atoms with Crippen molar-refractivity contribution < 1.29 is 14.3 Å². The number of para-hydroxylation sites is 2. The van der Waals surface area contributed by atoms with Crippen molar-refractivity contribution in [2.24, 2.45) is 0 Å². The molecule has 0 aliphatic carbocycles. The Labute approximate surface area is 189 Å². The van der Waals surface area contributed by atoms with Crippen LogP contribution in [0.2, 0.25) is 0 Å². The molecule has 0 saturated carbocycles. The van der Waals surface area contributed by atoms with Crippen molar-refractivity contribution >= 4 is 28.5 Å². The van der Waals surface area contributed by atoms with Gasteiger partial charge in [-0.05, 0) is 63.1 Å². The Morgan fingerprint density at radius 3 is 2.16 bits per heavy atom. The Morgan fingerprint density at radius 2 is 1.53 bits per heavy atom. The van der Waals surface area contributed by atoms with E-state index in [4.69, 9.17) is 19.4 Å². The molecular formula is C25H30N4O3. The molecule has 2 heterocycles. The molecule has 0 bridgehead atoms. The average molecular weight is 435 g/mol. The molecule has 7 nitrogen and oxygen atoms in total. The zero-order valence-corrected chi connectivity index (χ0v) is 19.4. The number of nitrogens with zero attached hydrogens (tertiary/aromatic N) is 4. The van der Waals surface area contributed by atoms with Crippen molar-refractivity contribution in [3.63, 3.8) is 0 Å². The number of hydrogen-bond donors (Lipinski definition) is 0. The largest absolute Gasteiger partial charge is 0.495 e. The van der Waals surface area contributed by atoms with Crippen LogP contribution < -0.4 is 14.5 Å². The summed E-state index contributed by atoms with van der Waals surface area (Å²) in [5.41, 5.74) is 5.12. The summed E-state index contributed by atoms with van der Waals surface area (Å²) in [6.45, 7) is 10.8. The van der Waals surface area contributed by atoms with Gasteiger partial charge < -0.3 is 19.3 Å². The van der Waals surface area contributed by atoms with Crippen LogP contribution >= 0.6 is 0 Å². The lowest BCUT2D eigenvalue weighted by molar-refractivity contribution is 0.0371. The molecule has 1 aromatic heterocycles. The summed E-state index contributed by atoms with van der Waals surface area (Å²) >= 11 is 0. The second-order valence-electron chi connectivity index (χ2n) is 8.42. The lowest BCUT2D eigenvalue weighted by Gasteiger charge is -2.37. The molecule has 0 radical (unpaired) electrons. The summed E-state index contributed by atoms with van der Waals surface area (Å²) < 4.78 is 11.0. The highest BCUT2D eigenvalue weighted by Gasteiger charge is 2.27. The minimum atomic E-state index is -0.435. The highest BCUT2D eigenvalue weighted by atomic mass is 16.5. The number of carbonyl (C=O) groups is 1. The van der Waals surface area contributed by atoms with Gasteiger partial charge in [-0.15, -0.1) is 0 Å². The van der Waals surface area contributed by atoms with Crippen LogP contribution in [0.15, 0.2) is 36.4 Å². The van der Waals surface area contributed by atoms with Crippen LogP contribution in [0.5, 0.6) is 5.75 Å². The van der Waals surface area contributed by atoms with Gasteiger partial charge in [0.05, 0.1) is 29.9 Å². The van der Waals surface area contributed by atoms with Gasteiger partial charge in [0.1, 0.15) is 5.75 Å². The third-order valence-electron chi connectivity index (χ3n) is 5.80. The maximum absolute atomic E-state index is 12.9.